The Morgan fingerprint density at radius 3 is 2.38 bits per heavy atom. The summed E-state index contributed by atoms with van der Waals surface area (Å²) in [6, 6.07) is 8.05. The number of carboxylic acid groups (broad SMARTS) is 2. The van der Waals surface area contributed by atoms with Crippen LogP contribution in [-0.2, 0) is 16.1 Å². The number of imidazole rings is 1. The van der Waals surface area contributed by atoms with Crippen LogP contribution in [-0.4, -0.2) is 36.7 Å². The van der Waals surface area contributed by atoms with Gasteiger partial charge in [0.05, 0.1) is 17.4 Å². The molecule has 0 saturated heterocycles. The summed E-state index contributed by atoms with van der Waals surface area (Å²) in [5.74, 6) is -1.44. The van der Waals surface area contributed by atoms with Crippen LogP contribution in [0.15, 0.2) is 42.7 Å². The quantitative estimate of drug-likeness (QED) is 0.612. The van der Waals surface area contributed by atoms with E-state index >= 15 is 0 Å². The number of hydrogen-bond acceptors (Lipinski definition) is 5. The third-order valence-electron chi connectivity index (χ3n) is 3.41. The molecule has 4 N–H and O–H groups in total. The van der Waals surface area contributed by atoms with Gasteiger partial charge in [0.25, 0.3) is 0 Å². The van der Waals surface area contributed by atoms with Crippen LogP contribution in [0.5, 0.6) is 0 Å². The first kappa shape index (κ1) is 18.9. The Morgan fingerprint density at radius 2 is 1.81 bits per heavy atom. The van der Waals surface area contributed by atoms with E-state index in [4.69, 9.17) is 15.9 Å². The number of aliphatic carboxylic acids is 2. The highest BCUT2D eigenvalue weighted by molar-refractivity contribution is 6.06. The summed E-state index contributed by atoms with van der Waals surface area (Å²) in [6.45, 7) is 5.32. The van der Waals surface area contributed by atoms with Gasteiger partial charge in [-0.1, -0.05) is 32.0 Å². The molecule has 0 amide bonds. The van der Waals surface area contributed by atoms with Gasteiger partial charge in [0.1, 0.15) is 5.52 Å². The molecule has 2 aromatic heterocycles. The maximum atomic E-state index is 9.55. The third-order valence-corrected chi connectivity index (χ3v) is 3.41. The Kier molecular flexibility index (Phi) is 5.90. The number of nitrogen functional groups attached to an aromatic ring is 1. The normalized spacial score (nSPS) is 11.0. The van der Waals surface area contributed by atoms with Gasteiger partial charge in [0.15, 0.2) is 5.82 Å². The molecule has 0 fully saturated rings. The Bertz CT molecular complexity index is 960. The van der Waals surface area contributed by atoms with Crippen molar-refractivity contribution in [3.8, 4) is 0 Å². The molecular weight excluding hydrogens is 336 g/mol. The second kappa shape index (κ2) is 8.11. The number of aromatic nitrogens is 3. The number of carboxylic acids is 2. The standard InChI is InChI=1S/C14H16N4.C4H4O4/c1-9(2)7-18-8-16-12-13(18)10-5-3-4-6-11(10)17-14(12)15;5-3(6)1-2-4(7)8/h3-6,8-9H,7H2,1-2H3,(H2,15,17);1-2H,(H,5,6)(H,7,8). The Hall–Kier alpha value is -3.42. The van der Waals surface area contributed by atoms with Crippen molar-refractivity contribution in [3.05, 3.63) is 42.7 Å². The van der Waals surface area contributed by atoms with Crippen LogP contribution in [0.2, 0.25) is 0 Å². The lowest BCUT2D eigenvalue weighted by atomic mass is 10.1. The van der Waals surface area contributed by atoms with Gasteiger partial charge in [-0.15, -0.1) is 0 Å². The second-order valence-corrected chi connectivity index (χ2v) is 6.01. The number of benzene rings is 1. The van der Waals surface area contributed by atoms with E-state index in [0.717, 1.165) is 28.5 Å². The maximum absolute atomic E-state index is 9.55. The van der Waals surface area contributed by atoms with E-state index < -0.39 is 11.9 Å². The molecule has 0 radical (unpaired) electrons. The zero-order valence-corrected chi connectivity index (χ0v) is 14.5. The number of carbonyl (C=O) groups is 2. The van der Waals surface area contributed by atoms with Crippen molar-refractivity contribution >= 4 is 39.7 Å². The highest BCUT2D eigenvalue weighted by atomic mass is 16.4. The summed E-state index contributed by atoms with van der Waals surface area (Å²) in [5, 5.41) is 16.7. The smallest absolute Gasteiger partial charge is 0.328 e. The van der Waals surface area contributed by atoms with E-state index in [1.807, 2.05) is 24.5 Å². The van der Waals surface area contributed by atoms with Gasteiger partial charge < -0.3 is 20.5 Å². The Labute approximate surface area is 149 Å². The molecule has 0 aliphatic carbocycles. The minimum absolute atomic E-state index is 0.506. The Balaban J connectivity index is 0.000000260. The molecule has 26 heavy (non-hydrogen) atoms. The van der Waals surface area contributed by atoms with Gasteiger partial charge in [-0.25, -0.2) is 19.6 Å². The van der Waals surface area contributed by atoms with Crippen molar-refractivity contribution in [2.24, 2.45) is 5.92 Å². The van der Waals surface area contributed by atoms with Crippen LogP contribution < -0.4 is 5.73 Å². The van der Waals surface area contributed by atoms with Crippen LogP contribution in [0.25, 0.3) is 21.9 Å². The molecule has 0 aliphatic heterocycles. The van der Waals surface area contributed by atoms with Crippen molar-refractivity contribution in [1.29, 1.82) is 0 Å². The molecular formula is C18H20N4O4. The van der Waals surface area contributed by atoms with Crippen LogP contribution in [0.4, 0.5) is 5.82 Å². The lowest BCUT2D eigenvalue weighted by Gasteiger charge is -2.09. The van der Waals surface area contributed by atoms with Gasteiger partial charge in [-0.05, 0) is 12.0 Å². The highest BCUT2D eigenvalue weighted by Gasteiger charge is 2.12. The molecule has 0 spiro atoms. The Morgan fingerprint density at radius 1 is 1.19 bits per heavy atom. The third kappa shape index (κ3) is 4.56. The van der Waals surface area contributed by atoms with Crippen LogP contribution in [0, 0.1) is 5.92 Å². The van der Waals surface area contributed by atoms with E-state index in [9.17, 15) is 9.59 Å². The molecule has 0 saturated carbocycles. The first-order valence-electron chi connectivity index (χ1n) is 7.92. The van der Waals surface area contributed by atoms with Gasteiger partial charge >= 0.3 is 11.9 Å². The summed E-state index contributed by atoms with van der Waals surface area (Å²) in [4.78, 5) is 27.9. The summed E-state index contributed by atoms with van der Waals surface area (Å²) in [7, 11) is 0. The van der Waals surface area contributed by atoms with E-state index in [1.54, 1.807) is 0 Å². The summed E-state index contributed by atoms with van der Waals surface area (Å²) in [6.07, 6.45) is 2.97. The number of anilines is 1. The number of rotatable bonds is 4. The number of pyridine rings is 1. The molecule has 8 heteroatoms. The number of fused-ring (bicyclic) bond motifs is 3. The summed E-state index contributed by atoms with van der Waals surface area (Å²) < 4.78 is 2.17. The fraction of sp³-hybridized carbons (Fsp3) is 0.222. The average Bonchev–Trinajstić information content (AvgIpc) is 2.98. The molecule has 0 unspecified atom stereocenters. The van der Waals surface area contributed by atoms with E-state index in [0.29, 0.717) is 23.9 Å². The van der Waals surface area contributed by atoms with Crippen molar-refractivity contribution < 1.29 is 19.8 Å². The number of nitrogens with zero attached hydrogens (tertiary/aromatic N) is 3. The van der Waals surface area contributed by atoms with Gasteiger partial charge in [0.2, 0.25) is 0 Å². The topological polar surface area (TPSA) is 131 Å². The lowest BCUT2D eigenvalue weighted by molar-refractivity contribution is -0.134. The van der Waals surface area contributed by atoms with Crippen LogP contribution in [0.1, 0.15) is 13.8 Å². The highest BCUT2D eigenvalue weighted by Crippen LogP contribution is 2.27. The fourth-order valence-corrected chi connectivity index (χ4v) is 2.48. The molecule has 3 aromatic rings. The van der Waals surface area contributed by atoms with Gasteiger partial charge in [-0.2, -0.15) is 0 Å². The minimum Gasteiger partial charge on any atom is -0.478 e. The van der Waals surface area contributed by atoms with Gasteiger partial charge in [-0.3, -0.25) is 0 Å². The average molecular weight is 356 g/mol. The zero-order chi connectivity index (χ0) is 19.3. The molecule has 1 aromatic carbocycles. The maximum Gasteiger partial charge on any atom is 0.328 e. The van der Waals surface area contributed by atoms with E-state index in [2.05, 4.69) is 34.4 Å². The molecule has 2 heterocycles. The van der Waals surface area contributed by atoms with Crippen molar-refractivity contribution in [3.63, 3.8) is 0 Å². The molecule has 0 atom stereocenters. The van der Waals surface area contributed by atoms with Gasteiger partial charge in [0, 0.05) is 24.1 Å². The van der Waals surface area contributed by atoms with Crippen molar-refractivity contribution in [2.75, 3.05) is 5.73 Å². The lowest BCUT2D eigenvalue weighted by Crippen LogP contribution is -2.03. The first-order chi connectivity index (χ1) is 12.3. The first-order valence-corrected chi connectivity index (χ1v) is 7.92. The molecule has 0 bridgehead atoms. The minimum atomic E-state index is -1.26. The number of nitrogens with two attached hydrogens (primary N) is 1. The number of hydrogen-bond donors (Lipinski definition) is 3. The molecule has 8 nitrogen and oxygen atoms in total. The molecule has 0 aliphatic rings. The largest absolute Gasteiger partial charge is 0.478 e. The summed E-state index contributed by atoms with van der Waals surface area (Å²) >= 11 is 0. The van der Waals surface area contributed by atoms with Crippen molar-refractivity contribution in [1.82, 2.24) is 14.5 Å². The zero-order valence-electron chi connectivity index (χ0n) is 14.5. The number of para-hydroxylation sites is 1. The summed E-state index contributed by atoms with van der Waals surface area (Å²) in [5.41, 5.74) is 8.79. The van der Waals surface area contributed by atoms with Crippen LogP contribution in [0.3, 0.4) is 0 Å². The van der Waals surface area contributed by atoms with E-state index in [1.165, 1.54) is 0 Å². The van der Waals surface area contributed by atoms with Crippen molar-refractivity contribution in [2.45, 2.75) is 20.4 Å². The monoisotopic (exact) mass is 356 g/mol. The molecule has 136 valence electrons. The second-order valence-electron chi connectivity index (χ2n) is 6.01. The van der Waals surface area contributed by atoms with E-state index in [-0.39, 0.29) is 0 Å². The SMILES string of the molecule is CC(C)Cn1cnc2c(N)nc3ccccc3c21.O=C(O)C=CC(=O)O. The predicted molar refractivity (Wildman–Crippen MR) is 98.7 cm³/mol. The predicted octanol–water partition coefficient (Wildman–Crippen LogP) is 2.53. The molecule has 3 rings (SSSR count). The van der Waals surface area contributed by atoms with Crippen LogP contribution >= 0.6 is 0 Å². The fourth-order valence-electron chi connectivity index (χ4n) is 2.48.